The summed E-state index contributed by atoms with van der Waals surface area (Å²) in [6.07, 6.45) is 18.6. The first kappa shape index (κ1) is 21.8. The number of rotatable bonds is 8. The third-order valence-corrected chi connectivity index (χ3v) is 11.9. The van der Waals surface area contributed by atoms with Gasteiger partial charge in [-0.2, -0.15) is 0 Å². The van der Waals surface area contributed by atoms with E-state index >= 15 is 0 Å². The topological polar surface area (TPSA) is 0 Å². The Morgan fingerprint density at radius 1 is 0.700 bits per heavy atom. The number of fused-ring (bicyclic) bond motifs is 1. The molecule has 5 saturated carbocycles. The summed E-state index contributed by atoms with van der Waals surface area (Å²) in [5, 5.41) is 0. The van der Waals surface area contributed by atoms with Crippen LogP contribution in [0.4, 0.5) is 0 Å². The summed E-state index contributed by atoms with van der Waals surface area (Å²) in [6.45, 7) is 12.5. The van der Waals surface area contributed by atoms with Crippen molar-refractivity contribution >= 4 is 0 Å². The average Bonchev–Trinajstić information content (AvgIpc) is 3.47. The Labute approximate surface area is 188 Å². The SMILES string of the molecule is CCCCCCC1C(C)CC2CC(C3CC4CC(C(C)C)C5C(CC)CC3C45)CC21. The Hall–Kier alpha value is 0. The quantitative estimate of drug-likeness (QED) is 0.349. The van der Waals surface area contributed by atoms with Crippen molar-refractivity contribution in [3.05, 3.63) is 0 Å². The summed E-state index contributed by atoms with van der Waals surface area (Å²) in [7, 11) is 0. The molecule has 12 unspecified atom stereocenters. The highest BCUT2D eigenvalue weighted by molar-refractivity contribution is 5.10. The molecule has 0 aromatic carbocycles. The van der Waals surface area contributed by atoms with E-state index in [9.17, 15) is 0 Å². The number of hydrogen-bond acceptors (Lipinski definition) is 0. The van der Waals surface area contributed by atoms with E-state index in [1.165, 1.54) is 32.1 Å². The summed E-state index contributed by atoms with van der Waals surface area (Å²) in [5.41, 5.74) is 0. The fourth-order valence-corrected chi connectivity index (χ4v) is 10.9. The molecular formula is C30H52. The minimum absolute atomic E-state index is 0.924. The summed E-state index contributed by atoms with van der Waals surface area (Å²) >= 11 is 0. The molecule has 5 aliphatic rings. The Morgan fingerprint density at radius 2 is 1.47 bits per heavy atom. The second-order valence-electron chi connectivity index (χ2n) is 13.4. The fourth-order valence-electron chi connectivity index (χ4n) is 10.9. The monoisotopic (exact) mass is 412 g/mol. The number of hydrogen-bond donors (Lipinski definition) is 0. The minimum Gasteiger partial charge on any atom is -0.0654 e. The molecule has 0 nitrogen and oxygen atoms in total. The van der Waals surface area contributed by atoms with Gasteiger partial charge in [0, 0.05) is 0 Å². The lowest BCUT2D eigenvalue weighted by Crippen LogP contribution is -2.23. The predicted molar refractivity (Wildman–Crippen MR) is 129 cm³/mol. The van der Waals surface area contributed by atoms with E-state index in [2.05, 4.69) is 34.6 Å². The molecule has 172 valence electrons. The van der Waals surface area contributed by atoms with Gasteiger partial charge in [-0.05, 0) is 122 Å². The van der Waals surface area contributed by atoms with Crippen molar-refractivity contribution in [2.24, 2.45) is 76.9 Å². The van der Waals surface area contributed by atoms with Crippen LogP contribution in [-0.2, 0) is 0 Å². The molecule has 30 heavy (non-hydrogen) atoms. The highest BCUT2D eigenvalue weighted by Gasteiger charge is 2.62. The zero-order valence-corrected chi connectivity index (χ0v) is 21.0. The molecule has 0 aromatic rings. The third kappa shape index (κ3) is 3.53. The first-order valence-electron chi connectivity index (χ1n) is 14.5. The molecule has 0 aromatic heterocycles. The van der Waals surface area contributed by atoms with Gasteiger partial charge in [-0.25, -0.2) is 0 Å². The van der Waals surface area contributed by atoms with Gasteiger partial charge < -0.3 is 0 Å². The zero-order chi connectivity index (χ0) is 21.0. The second-order valence-corrected chi connectivity index (χ2v) is 13.4. The van der Waals surface area contributed by atoms with Crippen molar-refractivity contribution in [1.29, 1.82) is 0 Å². The van der Waals surface area contributed by atoms with Gasteiger partial charge in [-0.3, -0.25) is 0 Å². The van der Waals surface area contributed by atoms with Crippen LogP contribution in [0.3, 0.4) is 0 Å². The third-order valence-electron chi connectivity index (χ3n) is 11.9. The van der Waals surface area contributed by atoms with E-state index in [0.29, 0.717) is 0 Å². The van der Waals surface area contributed by atoms with Gasteiger partial charge in [-0.15, -0.1) is 0 Å². The zero-order valence-electron chi connectivity index (χ0n) is 21.0. The summed E-state index contributed by atoms with van der Waals surface area (Å²) in [4.78, 5) is 0. The minimum atomic E-state index is 0.924. The maximum Gasteiger partial charge on any atom is -0.0321 e. The highest BCUT2D eigenvalue weighted by atomic mass is 14.7. The Bertz CT molecular complexity index is 577. The molecule has 0 N–H and O–H groups in total. The van der Waals surface area contributed by atoms with Gasteiger partial charge in [0.15, 0.2) is 0 Å². The van der Waals surface area contributed by atoms with Crippen molar-refractivity contribution in [2.75, 3.05) is 0 Å². The summed E-state index contributed by atoms with van der Waals surface area (Å²) in [5.74, 6) is 14.2. The van der Waals surface area contributed by atoms with Crippen LogP contribution in [0.5, 0.6) is 0 Å². The van der Waals surface area contributed by atoms with Crippen molar-refractivity contribution in [3.8, 4) is 0 Å². The lowest BCUT2D eigenvalue weighted by atomic mass is 9.76. The molecule has 0 amide bonds. The second kappa shape index (κ2) is 8.74. The lowest BCUT2D eigenvalue weighted by molar-refractivity contribution is 0.192. The molecule has 0 aliphatic heterocycles. The maximum absolute atomic E-state index is 2.61. The van der Waals surface area contributed by atoms with Crippen LogP contribution in [0.25, 0.3) is 0 Å². The van der Waals surface area contributed by atoms with Gasteiger partial charge in [-0.1, -0.05) is 66.7 Å². The van der Waals surface area contributed by atoms with Gasteiger partial charge in [0.05, 0.1) is 0 Å². The number of unbranched alkanes of at least 4 members (excludes halogenated alkanes) is 3. The Morgan fingerprint density at radius 3 is 2.20 bits per heavy atom. The summed E-state index contributed by atoms with van der Waals surface area (Å²) in [6, 6.07) is 0. The van der Waals surface area contributed by atoms with E-state index in [-0.39, 0.29) is 0 Å². The molecule has 0 saturated heterocycles. The van der Waals surface area contributed by atoms with E-state index in [0.717, 1.165) is 76.9 Å². The smallest absolute Gasteiger partial charge is 0.0321 e. The molecular weight excluding hydrogens is 360 g/mol. The Kier molecular flexibility index (Phi) is 6.36. The first-order valence-corrected chi connectivity index (χ1v) is 14.5. The van der Waals surface area contributed by atoms with E-state index in [4.69, 9.17) is 0 Å². The van der Waals surface area contributed by atoms with E-state index in [1.807, 2.05) is 0 Å². The van der Waals surface area contributed by atoms with Gasteiger partial charge in [0.1, 0.15) is 0 Å². The predicted octanol–water partition coefficient (Wildman–Crippen LogP) is 8.85. The molecule has 0 spiro atoms. The van der Waals surface area contributed by atoms with Crippen molar-refractivity contribution in [1.82, 2.24) is 0 Å². The van der Waals surface area contributed by atoms with Crippen molar-refractivity contribution in [3.63, 3.8) is 0 Å². The van der Waals surface area contributed by atoms with Crippen molar-refractivity contribution < 1.29 is 0 Å². The van der Waals surface area contributed by atoms with Crippen LogP contribution < -0.4 is 0 Å². The van der Waals surface area contributed by atoms with Gasteiger partial charge >= 0.3 is 0 Å². The van der Waals surface area contributed by atoms with Crippen LogP contribution in [0.1, 0.15) is 112 Å². The first-order chi connectivity index (χ1) is 14.5. The highest BCUT2D eigenvalue weighted by Crippen LogP contribution is 2.69. The van der Waals surface area contributed by atoms with Gasteiger partial charge in [0.2, 0.25) is 0 Å². The molecule has 0 bridgehead atoms. The van der Waals surface area contributed by atoms with E-state index < -0.39 is 0 Å². The maximum atomic E-state index is 2.61. The van der Waals surface area contributed by atoms with Crippen LogP contribution in [0.15, 0.2) is 0 Å². The molecule has 5 fully saturated rings. The average molecular weight is 413 g/mol. The molecule has 5 rings (SSSR count). The molecule has 12 atom stereocenters. The van der Waals surface area contributed by atoms with Crippen LogP contribution in [0, 0.1) is 76.9 Å². The summed E-state index contributed by atoms with van der Waals surface area (Å²) < 4.78 is 0. The van der Waals surface area contributed by atoms with Crippen molar-refractivity contribution in [2.45, 2.75) is 112 Å². The largest absolute Gasteiger partial charge is 0.0654 e. The molecule has 5 aliphatic carbocycles. The Balaban J connectivity index is 1.24. The van der Waals surface area contributed by atoms with Crippen LogP contribution in [-0.4, -0.2) is 0 Å². The normalized spacial score (nSPS) is 51.8. The lowest BCUT2D eigenvalue weighted by Gasteiger charge is -2.29. The standard InChI is InChI=1S/C30H52/c1-6-8-9-10-11-24-19(5)12-21-13-22(15-26(21)24)27-17-23-16-25(18(3)4)29-20(7-2)14-28(27)30(23)29/h18-30H,6-17H2,1-5H3. The molecule has 0 heteroatoms. The molecule has 0 heterocycles. The van der Waals surface area contributed by atoms with Crippen LogP contribution in [0.2, 0.25) is 0 Å². The fraction of sp³-hybridized carbons (Fsp3) is 1.00. The van der Waals surface area contributed by atoms with Gasteiger partial charge in [0.25, 0.3) is 0 Å². The van der Waals surface area contributed by atoms with E-state index in [1.54, 1.807) is 44.9 Å². The van der Waals surface area contributed by atoms with Crippen LogP contribution >= 0.6 is 0 Å². The molecule has 0 radical (unpaired) electrons.